The summed E-state index contributed by atoms with van der Waals surface area (Å²) in [7, 11) is 0. The minimum Gasteiger partial charge on any atom is -0.387 e. The van der Waals surface area contributed by atoms with Crippen molar-refractivity contribution in [1.29, 1.82) is 0 Å². The molecule has 1 heterocycles. The zero-order valence-electron chi connectivity index (χ0n) is 12.1. The highest BCUT2D eigenvalue weighted by Gasteiger charge is 2.25. The number of piperazine rings is 1. The standard InChI is InChI=1S/C15H21ClN2O3/c1-11(19)15(21)18-8-6-17(7-9-18)10-14(20)12-4-2-3-5-13(12)16/h2-5,11,14,19-20H,6-10H2,1H3. The summed E-state index contributed by atoms with van der Waals surface area (Å²) in [6, 6.07) is 7.27. The topological polar surface area (TPSA) is 64.0 Å². The van der Waals surface area contributed by atoms with Crippen LogP contribution in [0.2, 0.25) is 5.02 Å². The predicted molar refractivity (Wildman–Crippen MR) is 81.1 cm³/mol. The number of halogens is 1. The lowest BCUT2D eigenvalue weighted by Crippen LogP contribution is -2.51. The van der Waals surface area contributed by atoms with E-state index >= 15 is 0 Å². The number of aliphatic hydroxyl groups is 2. The van der Waals surface area contributed by atoms with Crippen LogP contribution in [0, 0.1) is 0 Å². The van der Waals surface area contributed by atoms with Crippen LogP contribution in [-0.2, 0) is 4.79 Å². The molecule has 0 radical (unpaired) electrons. The van der Waals surface area contributed by atoms with E-state index in [0.29, 0.717) is 37.7 Å². The molecule has 1 aliphatic heterocycles. The van der Waals surface area contributed by atoms with Crippen LogP contribution in [0.25, 0.3) is 0 Å². The van der Waals surface area contributed by atoms with Gasteiger partial charge in [-0.25, -0.2) is 0 Å². The second-order valence-electron chi connectivity index (χ2n) is 5.34. The molecule has 2 rings (SSSR count). The molecular formula is C15H21ClN2O3. The number of rotatable bonds is 4. The summed E-state index contributed by atoms with van der Waals surface area (Å²) in [5.74, 6) is -0.235. The molecule has 0 saturated carbocycles. The van der Waals surface area contributed by atoms with E-state index in [1.54, 1.807) is 11.0 Å². The van der Waals surface area contributed by atoms with Crippen molar-refractivity contribution < 1.29 is 15.0 Å². The minimum atomic E-state index is -0.953. The molecule has 5 nitrogen and oxygen atoms in total. The number of hydrogen-bond donors (Lipinski definition) is 2. The van der Waals surface area contributed by atoms with E-state index in [0.717, 1.165) is 5.56 Å². The highest BCUT2D eigenvalue weighted by atomic mass is 35.5. The van der Waals surface area contributed by atoms with Crippen LogP contribution in [0.1, 0.15) is 18.6 Å². The lowest BCUT2D eigenvalue weighted by Gasteiger charge is -2.36. The first kappa shape index (κ1) is 16.2. The molecule has 116 valence electrons. The molecule has 1 amide bonds. The first-order chi connectivity index (χ1) is 9.99. The van der Waals surface area contributed by atoms with Crippen LogP contribution in [-0.4, -0.2) is 64.7 Å². The van der Waals surface area contributed by atoms with E-state index in [-0.39, 0.29) is 5.91 Å². The summed E-state index contributed by atoms with van der Waals surface area (Å²) < 4.78 is 0. The Labute approximate surface area is 129 Å². The van der Waals surface area contributed by atoms with Crippen molar-refractivity contribution >= 4 is 17.5 Å². The quantitative estimate of drug-likeness (QED) is 0.867. The summed E-state index contributed by atoms with van der Waals surface area (Å²) in [4.78, 5) is 15.4. The maximum Gasteiger partial charge on any atom is 0.251 e. The van der Waals surface area contributed by atoms with Gasteiger partial charge in [-0.15, -0.1) is 0 Å². The predicted octanol–water partition coefficient (Wildman–Crippen LogP) is 0.898. The van der Waals surface area contributed by atoms with Gasteiger partial charge in [0.1, 0.15) is 6.10 Å². The molecule has 0 aliphatic carbocycles. The maximum atomic E-state index is 11.7. The second kappa shape index (κ2) is 7.22. The highest BCUT2D eigenvalue weighted by molar-refractivity contribution is 6.31. The third kappa shape index (κ3) is 4.17. The van der Waals surface area contributed by atoms with Crippen molar-refractivity contribution in [2.75, 3.05) is 32.7 Å². The van der Waals surface area contributed by atoms with E-state index in [2.05, 4.69) is 4.90 Å². The number of hydrogen-bond acceptors (Lipinski definition) is 4. The van der Waals surface area contributed by atoms with E-state index in [1.807, 2.05) is 18.2 Å². The molecule has 21 heavy (non-hydrogen) atoms. The van der Waals surface area contributed by atoms with Crippen molar-refractivity contribution in [2.24, 2.45) is 0 Å². The van der Waals surface area contributed by atoms with Gasteiger partial charge in [-0.05, 0) is 13.0 Å². The second-order valence-corrected chi connectivity index (χ2v) is 5.75. The molecule has 2 N–H and O–H groups in total. The first-order valence-corrected chi connectivity index (χ1v) is 7.48. The van der Waals surface area contributed by atoms with Gasteiger partial charge < -0.3 is 15.1 Å². The van der Waals surface area contributed by atoms with Gasteiger partial charge in [-0.2, -0.15) is 0 Å². The fourth-order valence-electron chi connectivity index (χ4n) is 2.50. The molecule has 1 aromatic carbocycles. The minimum absolute atomic E-state index is 0.235. The zero-order valence-corrected chi connectivity index (χ0v) is 12.8. The van der Waals surface area contributed by atoms with Crippen LogP contribution in [0.4, 0.5) is 0 Å². The lowest BCUT2D eigenvalue weighted by molar-refractivity contribution is -0.141. The van der Waals surface area contributed by atoms with Gasteiger partial charge >= 0.3 is 0 Å². The molecule has 1 aromatic rings. The first-order valence-electron chi connectivity index (χ1n) is 7.10. The van der Waals surface area contributed by atoms with Crippen molar-refractivity contribution in [1.82, 2.24) is 9.80 Å². The van der Waals surface area contributed by atoms with Gasteiger partial charge in [-0.1, -0.05) is 29.8 Å². The number of amides is 1. The Bertz CT molecular complexity index is 488. The average Bonchev–Trinajstić information content (AvgIpc) is 2.47. The normalized spacial score (nSPS) is 19.3. The van der Waals surface area contributed by atoms with Crippen LogP contribution >= 0.6 is 11.6 Å². The van der Waals surface area contributed by atoms with Gasteiger partial charge in [0.05, 0.1) is 6.10 Å². The summed E-state index contributed by atoms with van der Waals surface area (Å²) in [5.41, 5.74) is 0.724. The molecule has 2 atom stereocenters. The summed E-state index contributed by atoms with van der Waals surface area (Å²) in [5, 5.41) is 20.1. The highest BCUT2D eigenvalue weighted by Crippen LogP contribution is 2.23. The molecule has 6 heteroatoms. The van der Waals surface area contributed by atoms with Crippen molar-refractivity contribution in [3.8, 4) is 0 Å². The third-order valence-electron chi connectivity index (χ3n) is 3.74. The molecule has 0 spiro atoms. The number of β-amino-alcohol motifs (C(OH)–C–C–N with tert-alkyl or cyclic N) is 1. The largest absolute Gasteiger partial charge is 0.387 e. The van der Waals surface area contributed by atoms with Gasteiger partial charge in [0.25, 0.3) is 5.91 Å². The number of benzene rings is 1. The van der Waals surface area contributed by atoms with Crippen LogP contribution in [0.5, 0.6) is 0 Å². The lowest BCUT2D eigenvalue weighted by atomic mass is 10.1. The molecule has 1 saturated heterocycles. The van der Waals surface area contributed by atoms with Gasteiger partial charge in [0, 0.05) is 43.3 Å². The number of carbonyl (C=O) groups is 1. The van der Waals surface area contributed by atoms with Crippen molar-refractivity contribution in [3.63, 3.8) is 0 Å². The Morgan fingerprint density at radius 1 is 1.24 bits per heavy atom. The number of nitrogens with zero attached hydrogens (tertiary/aromatic N) is 2. The SMILES string of the molecule is CC(O)C(=O)N1CCN(CC(O)c2ccccc2Cl)CC1. The van der Waals surface area contributed by atoms with Crippen molar-refractivity contribution in [3.05, 3.63) is 34.9 Å². The fraction of sp³-hybridized carbons (Fsp3) is 0.533. The van der Waals surface area contributed by atoms with Gasteiger partial charge in [0.15, 0.2) is 0 Å². The molecule has 0 bridgehead atoms. The van der Waals surface area contributed by atoms with E-state index in [9.17, 15) is 15.0 Å². The van der Waals surface area contributed by atoms with E-state index in [1.165, 1.54) is 6.92 Å². The van der Waals surface area contributed by atoms with Gasteiger partial charge in [0.2, 0.25) is 0 Å². The molecule has 1 aliphatic rings. The number of carbonyl (C=O) groups excluding carboxylic acids is 1. The zero-order chi connectivity index (χ0) is 15.4. The van der Waals surface area contributed by atoms with E-state index in [4.69, 9.17) is 11.6 Å². The summed E-state index contributed by atoms with van der Waals surface area (Å²) >= 11 is 6.08. The molecule has 2 unspecified atom stereocenters. The fourth-order valence-corrected chi connectivity index (χ4v) is 2.76. The molecule has 0 aromatic heterocycles. The monoisotopic (exact) mass is 312 g/mol. The smallest absolute Gasteiger partial charge is 0.251 e. The van der Waals surface area contributed by atoms with Crippen LogP contribution < -0.4 is 0 Å². The Balaban J connectivity index is 1.86. The third-order valence-corrected chi connectivity index (χ3v) is 4.08. The van der Waals surface area contributed by atoms with Gasteiger partial charge in [-0.3, -0.25) is 9.69 Å². The molecular weight excluding hydrogens is 292 g/mol. The average molecular weight is 313 g/mol. The Kier molecular flexibility index (Phi) is 5.58. The number of aliphatic hydroxyl groups excluding tert-OH is 2. The Morgan fingerprint density at radius 3 is 2.43 bits per heavy atom. The Hall–Kier alpha value is -1.14. The van der Waals surface area contributed by atoms with Crippen LogP contribution in [0.3, 0.4) is 0 Å². The van der Waals surface area contributed by atoms with Crippen LogP contribution in [0.15, 0.2) is 24.3 Å². The maximum absolute atomic E-state index is 11.7. The Morgan fingerprint density at radius 2 is 1.86 bits per heavy atom. The summed E-state index contributed by atoms with van der Waals surface area (Å²) in [6.45, 7) is 4.47. The molecule has 1 fully saturated rings. The van der Waals surface area contributed by atoms with Crippen molar-refractivity contribution in [2.45, 2.75) is 19.1 Å². The summed E-state index contributed by atoms with van der Waals surface area (Å²) in [6.07, 6.45) is -1.59. The van der Waals surface area contributed by atoms with E-state index < -0.39 is 12.2 Å².